The molecule has 9 heteroatoms. The van der Waals surface area contributed by atoms with Crippen LogP contribution in [0.3, 0.4) is 0 Å². The third-order valence-electron chi connectivity index (χ3n) is 3.30. The molecule has 0 spiro atoms. The Labute approximate surface area is 147 Å². The number of halogens is 1. The lowest BCUT2D eigenvalue weighted by molar-refractivity contribution is -0.121. The summed E-state index contributed by atoms with van der Waals surface area (Å²) >= 11 is 5.98. The van der Waals surface area contributed by atoms with Gasteiger partial charge in [-0.2, -0.15) is 0 Å². The minimum absolute atomic E-state index is 0.313. The molecule has 3 aromatic rings. The Hall–Kier alpha value is -3.13. The summed E-state index contributed by atoms with van der Waals surface area (Å²) in [6.45, 7) is -0.313. The van der Waals surface area contributed by atoms with Gasteiger partial charge >= 0.3 is 5.97 Å². The molecule has 0 radical (unpaired) electrons. The summed E-state index contributed by atoms with van der Waals surface area (Å²) in [6.07, 6.45) is 0. The quantitative estimate of drug-likeness (QED) is 0.699. The number of hydrogen-bond donors (Lipinski definition) is 1. The molecule has 1 amide bonds. The van der Waals surface area contributed by atoms with Gasteiger partial charge in [-0.1, -0.05) is 28.6 Å². The molecule has 8 nitrogen and oxygen atoms in total. The molecule has 1 N–H and O–H groups in total. The monoisotopic (exact) mass is 360 g/mol. The van der Waals surface area contributed by atoms with Gasteiger partial charge in [0.15, 0.2) is 6.61 Å². The largest absolute Gasteiger partial charge is 0.465 e. The highest BCUT2D eigenvalue weighted by atomic mass is 35.5. The molecular formula is C16H13ClN4O4. The highest BCUT2D eigenvalue weighted by Crippen LogP contribution is 2.20. The van der Waals surface area contributed by atoms with E-state index in [1.165, 1.54) is 13.2 Å². The minimum Gasteiger partial charge on any atom is -0.465 e. The van der Waals surface area contributed by atoms with Crippen LogP contribution in [0.15, 0.2) is 42.5 Å². The molecule has 2 aromatic carbocycles. The molecule has 0 saturated heterocycles. The van der Waals surface area contributed by atoms with E-state index in [0.29, 0.717) is 27.3 Å². The van der Waals surface area contributed by atoms with E-state index in [-0.39, 0.29) is 6.61 Å². The van der Waals surface area contributed by atoms with Gasteiger partial charge in [-0.3, -0.25) is 4.79 Å². The van der Waals surface area contributed by atoms with Gasteiger partial charge in [0.2, 0.25) is 0 Å². The number of methoxy groups -OCH3 is 1. The average molecular weight is 361 g/mol. The molecule has 128 valence electrons. The number of esters is 1. The van der Waals surface area contributed by atoms with E-state index in [1.54, 1.807) is 36.4 Å². The molecule has 0 atom stereocenters. The zero-order valence-electron chi connectivity index (χ0n) is 13.1. The fourth-order valence-corrected chi connectivity index (χ4v) is 2.29. The highest BCUT2D eigenvalue weighted by Gasteiger charge is 2.13. The highest BCUT2D eigenvalue weighted by molar-refractivity contribution is 6.33. The molecule has 0 fully saturated rings. The van der Waals surface area contributed by atoms with Gasteiger partial charge in [-0.25, -0.2) is 4.79 Å². The molecule has 25 heavy (non-hydrogen) atoms. The van der Waals surface area contributed by atoms with Crippen LogP contribution in [0.25, 0.3) is 11.0 Å². The average Bonchev–Trinajstić information content (AvgIpc) is 3.03. The maximum atomic E-state index is 12.0. The lowest BCUT2D eigenvalue weighted by Gasteiger charge is -2.08. The second kappa shape index (κ2) is 7.18. The van der Waals surface area contributed by atoms with Crippen LogP contribution in [0.5, 0.6) is 0 Å². The van der Waals surface area contributed by atoms with Crippen LogP contribution in [-0.4, -0.2) is 40.8 Å². The number of nitrogens with one attached hydrogen (secondary N) is 1. The first-order chi connectivity index (χ1) is 12.1. The molecule has 0 unspecified atom stereocenters. The number of ether oxygens (including phenoxy) is 1. The first-order valence-corrected chi connectivity index (χ1v) is 7.57. The zero-order valence-corrected chi connectivity index (χ0v) is 13.9. The van der Waals surface area contributed by atoms with Crippen LogP contribution in [0.1, 0.15) is 10.4 Å². The lowest BCUT2D eigenvalue weighted by atomic mass is 10.2. The smallest absolute Gasteiger partial charge is 0.337 e. The number of benzene rings is 2. The molecule has 0 aliphatic heterocycles. The topological polar surface area (TPSA) is 95.3 Å². The fourth-order valence-electron chi connectivity index (χ4n) is 2.11. The van der Waals surface area contributed by atoms with E-state index in [0.717, 1.165) is 4.85 Å². The summed E-state index contributed by atoms with van der Waals surface area (Å²) in [5.74, 6) is -0.910. The summed E-state index contributed by atoms with van der Waals surface area (Å²) in [5.41, 5.74) is 1.75. The van der Waals surface area contributed by atoms with Crippen molar-refractivity contribution in [2.24, 2.45) is 0 Å². The van der Waals surface area contributed by atoms with Gasteiger partial charge in [0.25, 0.3) is 5.91 Å². The van der Waals surface area contributed by atoms with E-state index in [2.05, 4.69) is 20.4 Å². The first kappa shape index (κ1) is 16.7. The fraction of sp³-hybridized carbons (Fsp3) is 0.125. The van der Waals surface area contributed by atoms with Gasteiger partial charge in [0.05, 0.1) is 23.4 Å². The molecule has 0 aliphatic carbocycles. The summed E-state index contributed by atoms with van der Waals surface area (Å²) in [6, 6.07) is 11.5. The maximum absolute atomic E-state index is 12.0. The molecule has 0 saturated carbocycles. The third-order valence-corrected chi connectivity index (χ3v) is 3.63. The zero-order chi connectivity index (χ0) is 17.8. The van der Waals surface area contributed by atoms with E-state index >= 15 is 0 Å². The van der Waals surface area contributed by atoms with Gasteiger partial charge in [-0.05, 0) is 35.5 Å². The Morgan fingerprint density at radius 1 is 1.24 bits per heavy atom. The number of rotatable bonds is 5. The van der Waals surface area contributed by atoms with Crippen LogP contribution in [0.4, 0.5) is 5.69 Å². The van der Waals surface area contributed by atoms with E-state index in [1.807, 2.05) is 0 Å². The lowest BCUT2D eigenvalue weighted by Crippen LogP contribution is -2.26. The normalized spacial score (nSPS) is 10.5. The first-order valence-electron chi connectivity index (χ1n) is 7.20. The predicted molar refractivity (Wildman–Crippen MR) is 90.4 cm³/mol. The van der Waals surface area contributed by atoms with Crippen molar-refractivity contribution in [1.29, 1.82) is 0 Å². The van der Waals surface area contributed by atoms with Crippen LogP contribution < -0.4 is 10.2 Å². The molecule has 3 rings (SSSR count). The van der Waals surface area contributed by atoms with Crippen molar-refractivity contribution < 1.29 is 19.2 Å². The molecule has 1 heterocycles. The van der Waals surface area contributed by atoms with Crippen molar-refractivity contribution in [1.82, 2.24) is 15.2 Å². The number of carbonyl (C=O) groups excluding carboxylic acids is 2. The molecular weight excluding hydrogens is 348 g/mol. The number of aromatic nitrogens is 3. The molecule has 0 aliphatic rings. The molecule has 0 bridgehead atoms. The minimum atomic E-state index is -0.494. The second-order valence-electron chi connectivity index (χ2n) is 4.96. The Morgan fingerprint density at radius 2 is 2.04 bits per heavy atom. The van der Waals surface area contributed by atoms with Crippen molar-refractivity contribution in [2.45, 2.75) is 0 Å². The van der Waals surface area contributed by atoms with Crippen LogP contribution in [0.2, 0.25) is 5.02 Å². The van der Waals surface area contributed by atoms with E-state index in [9.17, 15) is 9.59 Å². The number of anilines is 1. The maximum Gasteiger partial charge on any atom is 0.337 e. The Morgan fingerprint density at radius 3 is 2.80 bits per heavy atom. The van der Waals surface area contributed by atoms with E-state index in [4.69, 9.17) is 16.4 Å². The van der Waals surface area contributed by atoms with E-state index < -0.39 is 11.9 Å². The number of para-hydroxylation sites is 1. The Kier molecular flexibility index (Phi) is 4.80. The van der Waals surface area contributed by atoms with Gasteiger partial charge in [0.1, 0.15) is 11.0 Å². The predicted octanol–water partition coefficient (Wildman–Crippen LogP) is 1.94. The summed E-state index contributed by atoms with van der Waals surface area (Å²) in [7, 11) is 1.29. The van der Waals surface area contributed by atoms with Crippen LogP contribution in [0, 0.1) is 0 Å². The molecule has 1 aromatic heterocycles. The number of hydrogen-bond acceptors (Lipinski definition) is 6. The number of fused-ring (bicyclic) bond motifs is 1. The van der Waals surface area contributed by atoms with Gasteiger partial charge in [0, 0.05) is 0 Å². The summed E-state index contributed by atoms with van der Waals surface area (Å²) in [5, 5.41) is 10.8. The van der Waals surface area contributed by atoms with Crippen LogP contribution in [-0.2, 0) is 9.53 Å². The van der Waals surface area contributed by atoms with Gasteiger partial charge < -0.3 is 14.9 Å². The number of nitrogens with zero attached hydrogens (tertiary/aromatic N) is 3. The number of carbonyl (C=O) groups is 2. The van der Waals surface area contributed by atoms with Crippen molar-refractivity contribution in [3.05, 3.63) is 53.1 Å². The van der Waals surface area contributed by atoms with Crippen molar-refractivity contribution in [3.63, 3.8) is 0 Å². The standard InChI is InChI=1S/C16H13ClN4O4/c1-24-16(23)10-6-7-13-14(8-10)21(20-19-13)25-9-15(22)18-12-5-3-2-4-11(12)17/h2-8H,9H2,1H3,(H,18,22). The third kappa shape index (κ3) is 3.69. The summed E-state index contributed by atoms with van der Waals surface area (Å²) in [4.78, 5) is 30.0. The summed E-state index contributed by atoms with van der Waals surface area (Å²) < 4.78 is 4.67. The number of amides is 1. The van der Waals surface area contributed by atoms with Crippen molar-refractivity contribution >= 4 is 40.2 Å². The Bertz CT molecular complexity index is 941. The van der Waals surface area contributed by atoms with Crippen molar-refractivity contribution in [3.8, 4) is 0 Å². The van der Waals surface area contributed by atoms with Crippen molar-refractivity contribution in [2.75, 3.05) is 19.0 Å². The second-order valence-corrected chi connectivity index (χ2v) is 5.37. The SMILES string of the molecule is COC(=O)c1ccc2nnn(OCC(=O)Nc3ccccc3Cl)c2c1. The Balaban J connectivity index is 1.71. The van der Waals surface area contributed by atoms with Crippen LogP contribution >= 0.6 is 11.6 Å². The van der Waals surface area contributed by atoms with Gasteiger partial charge in [-0.15, -0.1) is 5.10 Å².